The number of rotatable bonds is 9. The third kappa shape index (κ3) is 9.84. The van der Waals surface area contributed by atoms with Gasteiger partial charge in [-0.3, -0.25) is 4.18 Å². The number of benzene rings is 2. The van der Waals surface area contributed by atoms with Crippen LogP contribution in [0.2, 0.25) is 0 Å². The third-order valence-electron chi connectivity index (χ3n) is 4.22. The van der Waals surface area contributed by atoms with Crippen LogP contribution in [-0.2, 0) is 30.2 Å². The van der Waals surface area contributed by atoms with Crippen molar-refractivity contribution in [3.05, 3.63) is 71.3 Å². The summed E-state index contributed by atoms with van der Waals surface area (Å²) in [4.78, 5) is 24.8. The molecule has 34 heavy (non-hydrogen) atoms. The molecule has 0 heterocycles. The van der Waals surface area contributed by atoms with Gasteiger partial charge in [0, 0.05) is 6.07 Å². The number of esters is 1. The van der Waals surface area contributed by atoms with Gasteiger partial charge in [-0.1, -0.05) is 18.2 Å². The standard InChI is InChI=1S/C23H27F2NO7S/c1-23(2,3)32-22(28)26-19(12-15-10-17(24)13-18(25)11-15)20(33-34(4,29)30)14-31-21(27)16-8-6-5-7-9-16/h5-11,13,19-20H,12,14H2,1-4H3,(H,26,28). The Bertz CT molecular complexity index is 1080. The maximum Gasteiger partial charge on any atom is 0.407 e. The fourth-order valence-corrected chi connectivity index (χ4v) is 3.61. The van der Waals surface area contributed by atoms with Crippen LogP contribution in [0.4, 0.5) is 13.6 Å². The molecular formula is C23H27F2NO7S. The van der Waals surface area contributed by atoms with Crippen molar-refractivity contribution in [1.29, 1.82) is 0 Å². The fraction of sp³-hybridized carbons (Fsp3) is 0.391. The summed E-state index contributed by atoms with van der Waals surface area (Å²) < 4.78 is 66.8. The first kappa shape index (κ1) is 27.2. The van der Waals surface area contributed by atoms with Crippen LogP contribution in [0.25, 0.3) is 0 Å². The van der Waals surface area contributed by atoms with E-state index in [1.54, 1.807) is 39.0 Å². The van der Waals surface area contributed by atoms with Crippen molar-refractivity contribution in [1.82, 2.24) is 5.32 Å². The molecule has 0 saturated heterocycles. The molecule has 1 N–H and O–H groups in total. The van der Waals surface area contributed by atoms with Crippen molar-refractivity contribution in [3.8, 4) is 0 Å². The maximum atomic E-state index is 13.7. The Hall–Kier alpha value is -3.05. The molecule has 0 aliphatic carbocycles. The van der Waals surface area contributed by atoms with Gasteiger partial charge in [0.05, 0.1) is 17.9 Å². The molecule has 0 radical (unpaired) electrons. The zero-order chi connectivity index (χ0) is 25.5. The van der Waals surface area contributed by atoms with E-state index in [2.05, 4.69) is 5.32 Å². The SMILES string of the molecule is CC(C)(C)OC(=O)NC(Cc1cc(F)cc(F)c1)C(COC(=O)c1ccccc1)OS(C)(=O)=O. The summed E-state index contributed by atoms with van der Waals surface area (Å²) in [6.07, 6.45) is -1.82. The van der Waals surface area contributed by atoms with Crippen molar-refractivity contribution in [2.45, 2.75) is 44.9 Å². The van der Waals surface area contributed by atoms with Crippen LogP contribution >= 0.6 is 0 Å². The smallest absolute Gasteiger partial charge is 0.407 e. The van der Waals surface area contributed by atoms with Gasteiger partial charge in [-0.05, 0) is 57.0 Å². The largest absolute Gasteiger partial charge is 0.459 e. The van der Waals surface area contributed by atoms with Gasteiger partial charge in [-0.2, -0.15) is 8.42 Å². The molecule has 2 unspecified atom stereocenters. The van der Waals surface area contributed by atoms with Crippen LogP contribution < -0.4 is 5.32 Å². The second-order valence-corrected chi connectivity index (χ2v) is 10.1. The number of amides is 1. The first-order valence-electron chi connectivity index (χ1n) is 10.3. The van der Waals surface area contributed by atoms with Crippen LogP contribution in [0.15, 0.2) is 48.5 Å². The number of hydrogen-bond acceptors (Lipinski definition) is 7. The Morgan fingerprint density at radius 1 is 1.03 bits per heavy atom. The zero-order valence-corrected chi connectivity index (χ0v) is 20.0. The van der Waals surface area contributed by atoms with E-state index in [0.717, 1.165) is 18.4 Å². The summed E-state index contributed by atoms with van der Waals surface area (Å²) in [5, 5.41) is 2.46. The average Bonchev–Trinajstić information content (AvgIpc) is 2.68. The van der Waals surface area contributed by atoms with E-state index in [1.165, 1.54) is 12.1 Å². The Kier molecular flexibility index (Phi) is 9.11. The van der Waals surface area contributed by atoms with Gasteiger partial charge in [0.25, 0.3) is 10.1 Å². The van der Waals surface area contributed by atoms with Gasteiger partial charge in [-0.25, -0.2) is 18.4 Å². The number of halogens is 2. The van der Waals surface area contributed by atoms with Crippen molar-refractivity contribution < 1.29 is 40.4 Å². The van der Waals surface area contributed by atoms with Gasteiger partial charge in [0.15, 0.2) is 0 Å². The molecule has 2 aromatic rings. The Morgan fingerprint density at radius 3 is 2.15 bits per heavy atom. The number of alkyl carbamates (subject to hydrolysis) is 1. The highest BCUT2D eigenvalue weighted by Gasteiger charge is 2.31. The zero-order valence-electron chi connectivity index (χ0n) is 19.2. The monoisotopic (exact) mass is 499 g/mol. The Balaban J connectivity index is 2.33. The number of carbonyl (C=O) groups is 2. The van der Waals surface area contributed by atoms with E-state index < -0.39 is 58.2 Å². The molecule has 2 aromatic carbocycles. The predicted octanol–water partition coefficient (Wildman–Crippen LogP) is 3.60. The minimum absolute atomic E-state index is 0.107. The lowest BCUT2D eigenvalue weighted by Crippen LogP contribution is -2.50. The lowest BCUT2D eigenvalue weighted by atomic mass is 10.0. The molecule has 0 aliphatic rings. The van der Waals surface area contributed by atoms with Gasteiger partial charge in [0.2, 0.25) is 0 Å². The summed E-state index contributed by atoms with van der Waals surface area (Å²) >= 11 is 0. The van der Waals surface area contributed by atoms with Crippen LogP contribution in [0.5, 0.6) is 0 Å². The second-order valence-electron chi connectivity index (χ2n) is 8.54. The van der Waals surface area contributed by atoms with E-state index in [4.69, 9.17) is 13.7 Å². The molecule has 2 atom stereocenters. The predicted molar refractivity (Wildman–Crippen MR) is 120 cm³/mol. The van der Waals surface area contributed by atoms with Crippen LogP contribution in [-0.4, -0.2) is 51.1 Å². The molecule has 8 nitrogen and oxygen atoms in total. The number of nitrogens with one attached hydrogen (secondary N) is 1. The molecular weight excluding hydrogens is 472 g/mol. The quantitative estimate of drug-likeness (QED) is 0.415. The molecule has 1 amide bonds. The van der Waals surface area contributed by atoms with Crippen molar-refractivity contribution in [3.63, 3.8) is 0 Å². The van der Waals surface area contributed by atoms with E-state index >= 15 is 0 Å². The molecule has 0 saturated carbocycles. The summed E-state index contributed by atoms with van der Waals surface area (Å²) in [7, 11) is -4.09. The van der Waals surface area contributed by atoms with E-state index in [-0.39, 0.29) is 17.5 Å². The summed E-state index contributed by atoms with van der Waals surface area (Å²) in [5.41, 5.74) is -0.563. The Labute approximate surface area is 197 Å². The van der Waals surface area contributed by atoms with Crippen molar-refractivity contribution in [2.75, 3.05) is 12.9 Å². The second kappa shape index (κ2) is 11.4. The van der Waals surface area contributed by atoms with Crippen molar-refractivity contribution in [2.24, 2.45) is 0 Å². The average molecular weight is 500 g/mol. The highest BCUT2D eigenvalue weighted by molar-refractivity contribution is 7.86. The fourth-order valence-electron chi connectivity index (χ4n) is 2.97. The topological polar surface area (TPSA) is 108 Å². The minimum Gasteiger partial charge on any atom is -0.459 e. The normalized spacial score (nSPS) is 13.6. The number of carbonyl (C=O) groups excluding carboxylic acids is 2. The summed E-state index contributed by atoms with van der Waals surface area (Å²) in [5.74, 6) is -2.47. The van der Waals surface area contributed by atoms with Crippen LogP contribution in [0, 0.1) is 11.6 Å². The number of hydrogen-bond donors (Lipinski definition) is 1. The lowest BCUT2D eigenvalue weighted by Gasteiger charge is -2.28. The van der Waals surface area contributed by atoms with Crippen LogP contribution in [0.3, 0.4) is 0 Å². The van der Waals surface area contributed by atoms with Crippen molar-refractivity contribution >= 4 is 22.2 Å². The number of ether oxygens (including phenoxy) is 2. The maximum absolute atomic E-state index is 13.7. The molecule has 0 aliphatic heterocycles. The third-order valence-corrected chi connectivity index (χ3v) is 4.81. The van der Waals surface area contributed by atoms with Gasteiger partial charge in [-0.15, -0.1) is 0 Å². The molecule has 186 valence electrons. The molecule has 0 fully saturated rings. The molecule has 0 bridgehead atoms. The minimum atomic E-state index is -4.09. The van der Waals surface area contributed by atoms with Gasteiger partial charge >= 0.3 is 12.1 Å². The molecule has 0 aromatic heterocycles. The molecule has 2 rings (SSSR count). The van der Waals surface area contributed by atoms with Gasteiger partial charge in [0.1, 0.15) is 29.9 Å². The Morgan fingerprint density at radius 2 is 1.62 bits per heavy atom. The summed E-state index contributed by atoms with van der Waals surface area (Å²) in [6.45, 7) is 4.28. The van der Waals surface area contributed by atoms with E-state index in [1.807, 2.05) is 0 Å². The highest BCUT2D eigenvalue weighted by atomic mass is 32.2. The van der Waals surface area contributed by atoms with Crippen LogP contribution in [0.1, 0.15) is 36.7 Å². The van der Waals surface area contributed by atoms with E-state index in [0.29, 0.717) is 6.07 Å². The lowest BCUT2D eigenvalue weighted by molar-refractivity contribution is 0.0197. The first-order chi connectivity index (χ1) is 15.7. The summed E-state index contributed by atoms with van der Waals surface area (Å²) in [6, 6.07) is 9.47. The first-order valence-corrected chi connectivity index (χ1v) is 12.1. The molecule has 0 spiro atoms. The molecule has 11 heteroatoms. The van der Waals surface area contributed by atoms with E-state index in [9.17, 15) is 26.8 Å². The van der Waals surface area contributed by atoms with Gasteiger partial charge < -0.3 is 14.8 Å². The highest BCUT2D eigenvalue weighted by Crippen LogP contribution is 2.17.